The van der Waals surface area contributed by atoms with Crippen LogP contribution >= 0.6 is 11.9 Å². The molecular weight excluding hydrogens is 334 g/mol. The second kappa shape index (κ2) is 9.36. The lowest BCUT2D eigenvalue weighted by atomic mass is 10.2. The summed E-state index contributed by atoms with van der Waals surface area (Å²) in [5.74, 6) is 1.70. The molecule has 0 unspecified atom stereocenters. The van der Waals surface area contributed by atoms with Crippen LogP contribution in [-0.4, -0.2) is 58.2 Å². The molecule has 1 aromatic heterocycles. The first kappa shape index (κ1) is 18.4. The van der Waals surface area contributed by atoms with Gasteiger partial charge in [0.05, 0.1) is 24.2 Å². The Labute approximate surface area is 153 Å². The maximum atomic E-state index is 12.2. The molecule has 0 atom stereocenters. The highest BCUT2D eigenvalue weighted by atomic mass is 32.2. The van der Waals surface area contributed by atoms with Crippen molar-refractivity contribution in [2.45, 2.75) is 32.6 Å². The SMILES string of the molecule is CCC(=O)c1nc2ccccc2n1SCCCCCN1CCOCC1. The molecule has 6 heteroatoms. The van der Waals surface area contributed by atoms with E-state index >= 15 is 0 Å². The van der Waals surface area contributed by atoms with Crippen LogP contribution in [0, 0.1) is 0 Å². The number of Topliss-reactive ketones (excluding diaryl/α,β-unsaturated/α-hetero) is 1. The van der Waals surface area contributed by atoms with Crippen LogP contribution in [0.25, 0.3) is 11.0 Å². The molecule has 5 nitrogen and oxygen atoms in total. The van der Waals surface area contributed by atoms with Crippen molar-refractivity contribution in [3.05, 3.63) is 30.1 Å². The summed E-state index contributed by atoms with van der Waals surface area (Å²) < 4.78 is 7.41. The Morgan fingerprint density at radius 1 is 1.20 bits per heavy atom. The molecule has 2 aromatic rings. The van der Waals surface area contributed by atoms with E-state index in [1.54, 1.807) is 11.9 Å². The van der Waals surface area contributed by atoms with Crippen LogP contribution in [0.3, 0.4) is 0 Å². The van der Waals surface area contributed by atoms with Crippen LogP contribution < -0.4 is 0 Å². The van der Waals surface area contributed by atoms with E-state index in [0.29, 0.717) is 12.2 Å². The zero-order valence-corrected chi connectivity index (χ0v) is 15.8. The van der Waals surface area contributed by atoms with Gasteiger partial charge in [-0.1, -0.05) is 25.5 Å². The van der Waals surface area contributed by atoms with E-state index in [0.717, 1.165) is 49.5 Å². The van der Waals surface area contributed by atoms with Crippen molar-refractivity contribution in [3.8, 4) is 0 Å². The number of fused-ring (bicyclic) bond motifs is 1. The Hall–Kier alpha value is -1.37. The number of hydrogen-bond acceptors (Lipinski definition) is 5. The molecular formula is C19H27N3O2S. The molecule has 1 saturated heterocycles. The summed E-state index contributed by atoms with van der Waals surface area (Å²) in [6.45, 7) is 6.94. The summed E-state index contributed by atoms with van der Waals surface area (Å²) in [4.78, 5) is 19.2. The van der Waals surface area contributed by atoms with Crippen LogP contribution in [0.2, 0.25) is 0 Å². The Bertz CT molecular complexity index is 695. The highest BCUT2D eigenvalue weighted by Crippen LogP contribution is 2.23. The van der Waals surface area contributed by atoms with E-state index in [-0.39, 0.29) is 5.78 Å². The highest BCUT2D eigenvalue weighted by molar-refractivity contribution is 7.98. The molecule has 1 fully saturated rings. The van der Waals surface area contributed by atoms with Gasteiger partial charge in [-0.2, -0.15) is 0 Å². The summed E-state index contributed by atoms with van der Waals surface area (Å²) >= 11 is 1.71. The van der Waals surface area contributed by atoms with Crippen molar-refractivity contribution >= 4 is 28.8 Å². The van der Waals surface area contributed by atoms with Gasteiger partial charge in [0.15, 0.2) is 11.6 Å². The molecule has 3 rings (SSSR count). The predicted molar refractivity (Wildman–Crippen MR) is 103 cm³/mol. The number of nitrogens with zero attached hydrogens (tertiary/aromatic N) is 3. The lowest BCUT2D eigenvalue weighted by Gasteiger charge is -2.26. The van der Waals surface area contributed by atoms with Crippen LogP contribution in [-0.2, 0) is 4.74 Å². The topological polar surface area (TPSA) is 47.4 Å². The monoisotopic (exact) mass is 361 g/mol. The average Bonchev–Trinajstić information content (AvgIpc) is 3.03. The maximum absolute atomic E-state index is 12.2. The van der Waals surface area contributed by atoms with Gasteiger partial charge in [-0.25, -0.2) is 4.98 Å². The first-order valence-electron chi connectivity index (χ1n) is 9.23. The van der Waals surface area contributed by atoms with Gasteiger partial charge in [0.2, 0.25) is 0 Å². The van der Waals surface area contributed by atoms with Gasteiger partial charge in [0.1, 0.15) is 0 Å². The molecule has 2 heterocycles. The van der Waals surface area contributed by atoms with E-state index in [1.807, 2.05) is 35.2 Å². The van der Waals surface area contributed by atoms with Crippen molar-refractivity contribution in [3.63, 3.8) is 0 Å². The highest BCUT2D eigenvalue weighted by Gasteiger charge is 2.16. The molecule has 0 N–H and O–H groups in total. The molecule has 0 radical (unpaired) electrons. The number of ether oxygens (including phenoxy) is 1. The summed E-state index contributed by atoms with van der Waals surface area (Å²) in [7, 11) is 0. The average molecular weight is 362 g/mol. The number of benzene rings is 1. The molecule has 0 aliphatic carbocycles. The molecule has 1 aliphatic rings. The number of hydrogen-bond donors (Lipinski definition) is 0. The molecule has 0 saturated carbocycles. The van der Waals surface area contributed by atoms with E-state index in [1.165, 1.54) is 19.4 Å². The molecule has 25 heavy (non-hydrogen) atoms. The van der Waals surface area contributed by atoms with Gasteiger partial charge in [0, 0.05) is 25.3 Å². The van der Waals surface area contributed by atoms with Crippen molar-refractivity contribution in [1.29, 1.82) is 0 Å². The Morgan fingerprint density at radius 2 is 2.00 bits per heavy atom. The Morgan fingerprint density at radius 3 is 2.80 bits per heavy atom. The van der Waals surface area contributed by atoms with Crippen LogP contribution in [0.4, 0.5) is 0 Å². The zero-order valence-electron chi connectivity index (χ0n) is 14.9. The number of morpholine rings is 1. The standard InChI is InChI=1S/C19H27N3O2S/c1-2-18(23)19-20-16-8-4-5-9-17(16)22(19)25-15-7-3-6-10-21-11-13-24-14-12-21/h4-5,8-9H,2-3,6-7,10-15H2,1H3. The molecule has 0 bridgehead atoms. The normalized spacial score (nSPS) is 15.7. The number of imidazole rings is 1. The minimum absolute atomic E-state index is 0.107. The number of para-hydroxylation sites is 2. The first-order chi connectivity index (χ1) is 12.3. The lowest BCUT2D eigenvalue weighted by molar-refractivity contribution is 0.0372. The number of aromatic nitrogens is 2. The second-order valence-electron chi connectivity index (χ2n) is 6.34. The van der Waals surface area contributed by atoms with E-state index < -0.39 is 0 Å². The van der Waals surface area contributed by atoms with E-state index in [4.69, 9.17) is 4.74 Å². The second-order valence-corrected chi connectivity index (χ2v) is 7.37. The van der Waals surface area contributed by atoms with Gasteiger partial charge >= 0.3 is 0 Å². The van der Waals surface area contributed by atoms with E-state index in [2.05, 4.69) is 9.88 Å². The fourth-order valence-electron chi connectivity index (χ4n) is 3.06. The number of carbonyl (C=O) groups excluding carboxylic acids is 1. The lowest BCUT2D eigenvalue weighted by Crippen LogP contribution is -2.36. The quantitative estimate of drug-likeness (QED) is 0.504. The maximum Gasteiger partial charge on any atom is 0.198 e. The van der Waals surface area contributed by atoms with Gasteiger partial charge in [-0.15, -0.1) is 0 Å². The Kier molecular flexibility index (Phi) is 6.90. The van der Waals surface area contributed by atoms with Crippen molar-refractivity contribution < 1.29 is 9.53 Å². The number of rotatable bonds is 9. The van der Waals surface area contributed by atoms with Crippen LogP contribution in [0.15, 0.2) is 24.3 Å². The largest absolute Gasteiger partial charge is 0.379 e. The van der Waals surface area contributed by atoms with Gasteiger partial charge in [-0.05, 0) is 43.5 Å². The fourth-order valence-corrected chi connectivity index (χ4v) is 4.14. The third-order valence-corrected chi connectivity index (χ3v) is 5.63. The van der Waals surface area contributed by atoms with Crippen LogP contribution in [0.1, 0.15) is 43.2 Å². The summed E-state index contributed by atoms with van der Waals surface area (Å²) in [6.07, 6.45) is 4.09. The number of carbonyl (C=O) groups is 1. The third-order valence-electron chi connectivity index (χ3n) is 4.53. The van der Waals surface area contributed by atoms with Crippen molar-refractivity contribution in [2.24, 2.45) is 0 Å². The van der Waals surface area contributed by atoms with Gasteiger partial charge in [-0.3, -0.25) is 13.7 Å². The molecule has 136 valence electrons. The summed E-state index contributed by atoms with van der Waals surface area (Å²) in [5.41, 5.74) is 1.94. The minimum atomic E-state index is 0.107. The van der Waals surface area contributed by atoms with E-state index in [9.17, 15) is 4.79 Å². The summed E-state index contributed by atoms with van der Waals surface area (Å²) in [5, 5.41) is 0. The Balaban J connectivity index is 1.49. The smallest absolute Gasteiger partial charge is 0.198 e. The number of ketones is 1. The van der Waals surface area contributed by atoms with Crippen molar-refractivity contribution in [1.82, 2.24) is 13.9 Å². The molecule has 1 aromatic carbocycles. The van der Waals surface area contributed by atoms with Crippen LogP contribution in [0.5, 0.6) is 0 Å². The minimum Gasteiger partial charge on any atom is -0.379 e. The molecule has 1 aliphatic heterocycles. The molecule has 0 spiro atoms. The molecule has 0 amide bonds. The number of unbranched alkanes of at least 4 members (excludes halogenated alkanes) is 2. The predicted octanol–water partition coefficient (Wildman–Crippen LogP) is 3.63. The first-order valence-corrected chi connectivity index (χ1v) is 10.2. The third kappa shape index (κ3) is 4.84. The summed E-state index contributed by atoms with van der Waals surface area (Å²) in [6, 6.07) is 7.99. The van der Waals surface area contributed by atoms with Gasteiger partial charge in [0.25, 0.3) is 0 Å². The zero-order chi connectivity index (χ0) is 17.5. The van der Waals surface area contributed by atoms with Gasteiger partial charge < -0.3 is 4.74 Å². The van der Waals surface area contributed by atoms with Crippen molar-refractivity contribution in [2.75, 3.05) is 38.6 Å². The fraction of sp³-hybridized carbons (Fsp3) is 0.579.